The van der Waals surface area contributed by atoms with Crippen LogP contribution in [-0.4, -0.2) is 17.8 Å². The molecule has 0 aliphatic rings. The Bertz CT molecular complexity index is 330. The second-order valence-electron chi connectivity index (χ2n) is 3.01. The van der Waals surface area contributed by atoms with Gasteiger partial charge in [-0.1, -0.05) is 12.1 Å². The highest BCUT2D eigenvalue weighted by Crippen LogP contribution is 2.15. The predicted molar refractivity (Wildman–Crippen MR) is 61.8 cm³/mol. The number of carbonyl (C=O) groups excluding carboxylic acids is 1. The van der Waals surface area contributed by atoms with Gasteiger partial charge in [0.15, 0.2) is 0 Å². The highest BCUT2D eigenvalue weighted by Gasteiger charge is 2.10. The molecule has 0 spiro atoms. The number of hydrogen-bond acceptors (Lipinski definition) is 1. The minimum absolute atomic E-state index is 0.0173. The fraction of sp³-hybridized carbons (Fsp3) is 0.300. The molecule has 1 aromatic carbocycles. The molecule has 1 aromatic rings. The van der Waals surface area contributed by atoms with E-state index in [9.17, 15) is 4.79 Å². The van der Waals surface area contributed by atoms with Gasteiger partial charge in [-0.15, -0.1) is 11.6 Å². The third-order valence-corrected chi connectivity index (χ3v) is 2.88. The summed E-state index contributed by atoms with van der Waals surface area (Å²) in [4.78, 5) is 11.6. The van der Waals surface area contributed by atoms with E-state index in [1.165, 1.54) is 0 Å². The van der Waals surface area contributed by atoms with E-state index in [1.807, 2.05) is 25.1 Å². The molecule has 2 nitrogen and oxygen atoms in total. The topological polar surface area (TPSA) is 29.1 Å². The van der Waals surface area contributed by atoms with Crippen molar-refractivity contribution in [2.45, 2.75) is 13.0 Å². The molecule has 76 valence electrons. The number of halogens is 2. The van der Waals surface area contributed by atoms with Crippen LogP contribution < -0.4 is 5.32 Å². The summed E-state index contributed by atoms with van der Waals surface area (Å²) in [6, 6.07) is 7.27. The monoisotopic (exact) mass is 275 g/mol. The molecule has 0 aromatic heterocycles. The Morgan fingerprint density at radius 3 is 2.79 bits per heavy atom. The Morgan fingerprint density at radius 2 is 2.21 bits per heavy atom. The van der Waals surface area contributed by atoms with Crippen molar-refractivity contribution in [1.82, 2.24) is 5.32 Å². The van der Waals surface area contributed by atoms with E-state index in [4.69, 9.17) is 11.6 Å². The van der Waals surface area contributed by atoms with Gasteiger partial charge in [-0.25, -0.2) is 0 Å². The Labute approximate surface area is 96.8 Å². The lowest BCUT2D eigenvalue weighted by molar-refractivity contribution is 0.0943. The summed E-state index contributed by atoms with van der Waals surface area (Å²) < 4.78 is 0.791. The van der Waals surface area contributed by atoms with E-state index < -0.39 is 0 Å². The molecule has 1 rings (SSSR count). The Balaban J connectivity index is 2.75. The van der Waals surface area contributed by atoms with Gasteiger partial charge < -0.3 is 5.32 Å². The molecule has 0 fully saturated rings. The van der Waals surface area contributed by atoms with E-state index >= 15 is 0 Å². The first-order valence-corrected chi connectivity index (χ1v) is 5.59. The van der Waals surface area contributed by atoms with Gasteiger partial charge in [-0.3, -0.25) is 4.79 Å². The summed E-state index contributed by atoms with van der Waals surface area (Å²) in [5.41, 5.74) is 0.629. The highest BCUT2D eigenvalue weighted by atomic mass is 79.9. The molecular formula is C10H11BrClNO. The van der Waals surface area contributed by atoms with E-state index in [2.05, 4.69) is 21.2 Å². The Hall–Kier alpha value is -0.540. The largest absolute Gasteiger partial charge is 0.348 e. The minimum atomic E-state index is -0.106. The summed E-state index contributed by atoms with van der Waals surface area (Å²) in [6.45, 7) is 1.86. The van der Waals surface area contributed by atoms with Crippen molar-refractivity contribution in [3.05, 3.63) is 34.3 Å². The average molecular weight is 277 g/mol. The van der Waals surface area contributed by atoms with Gasteiger partial charge in [0.1, 0.15) is 0 Å². The second kappa shape index (κ2) is 5.37. The van der Waals surface area contributed by atoms with Gasteiger partial charge >= 0.3 is 0 Å². The maximum Gasteiger partial charge on any atom is 0.252 e. The molecule has 1 unspecified atom stereocenters. The number of amides is 1. The second-order valence-corrected chi connectivity index (χ2v) is 4.17. The Morgan fingerprint density at radius 1 is 1.57 bits per heavy atom. The number of alkyl halides is 1. The molecular weight excluding hydrogens is 265 g/mol. The van der Waals surface area contributed by atoms with Crippen LogP contribution in [0.25, 0.3) is 0 Å². The van der Waals surface area contributed by atoms with Gasteiger partial charge in [0.2, 0.25) is 0 Å². The smallest absolute Gasteiger partial charge is 0.252 e. The Kier molecular flexibility index (Phi) is 4.42. The molecule has 4 heteroatoms. The number of nitrogens with one attached hydrogen (secondary N) is 1. The predicted octanol–water partition coefficient (Wildman–Crippen LogP) is 2.81. The van der Waals surface area contributed by atoms with Crippen LogP contribution in [0.2, 0.25) is 0 Å². The van der Waals surface area contributed by atoms with E-state index in [-0.39, 0.29) is 11.9 Å². The van der Waals surface area contributed by atoms with Crippen LogP contribution in [-0.2, 0) is 0 Å². The van der Waals surface area contributed by atoms with Crippen LogP contribution in [0, 0.1) is 0 Å². The summed E-state index contributed by atoms with van der Waals surface area (Å²) in [6.07, 6.45) is 0. The standard InChI is InChI=1S/C10H11BrClNO/c1-7(6-12)13-10(14)8-4-2-3-5-9(8)11/h2-5,7H,6H2,1H3,(H,13,14). The molecule has 0 saturated carbocycles. The third kappa shape index (κ3) is 3.00. The molecule has 0 saturated heterocycles. The first-order valence-electron chi connectivity index (χ1n) is 4.26. The zero-order valence-electron chi connectivity index (χ0n) is 7.76. The van der Waals surface area contributed by atoms with Gasteiger partial charge in [0, 0.05) is 16.4 Å². The summed E-state index contributed by atoms with van der Waals surface area (Å²) >= 11 is 8.91. The molecule has 14 heavy (non-hydrogen) atoms. The van der Waals surface area contributed by atoms with Crippen molar-refractivity contribution >= 4 is 33.4 Å². The quantitative estimate of drug-likeness (QED) is 0.845. The first kappa shape index (κ1) is 11.5. The molecule has 0 bridgehead atoms. The molecule has 1 N–H and O–H groups in total. The lowest BCUT2D eigenvalue weighted by Gasteiger charge is -2.11. The molecule has 0 radical (unpaired) electrons. The summed E-state index contributed by atoms with van der Waals surface area (Å²) in [7, 11) is 0. The summed E-state index contributed by atoms with van der Waals surface area (Å²) in [5.74, 6) is 0.307. The van der Waals surface area contributed by atoms with Crippen LogP contribution in [0.15, 0.2) is 28.7 Å². The van der Waals surface area contributed by atoms with Crippen molar-refractivity contribution in [3.63, 3.8) is 0 Å². The minimum Gasteiger partial charge on any atom is -0.348 e. The fourth-order valence-electron chi connectivity index (χ4n) is 0.985. The van der Waals surface area contributed by atoms with Crippen molar-refractivity contribution in [2.24, 2.45) is 0 Å². The van der Waals surface area contributed by atoms with Crippen molar-refractivity contribution in [2.75, 3.05) is 5.88 Å². The molecule has 1 atom stereocenters. The lowest BCUT2D eigenvalue weighted by atomic mass is 10.2. The van der Waals surface area contributed by atoms with Crippen molar-refractivity contribution < 1.29 is 4.79 Å². The van der Waals surface area contributed by atoms with Crippen LogP contribution in [0.4, 0.5) is 0 Å². The average Bonchev–Trinajstić information content (AvgIpc) is 2.18. The zero-order valence-corrected chi connectivity index (χ0v) is 10.1. The van der Waals surface area contributed by atoms with Gasteiger partial charge in [0.05, 0.1) is 5.56 Å². The molecule has 0 heterocycles. The van der Waals surface area contributed by atoms with Crippen LogP contribution in [0.1, 0.15) is 17.3 Å². The maximum absolute atomic E-state index is 11.6. The van der Waals surface area contributed by atoms with Crippen LogP contribution in [0.5, 0.6) is 0 Å². The lowest BCUT2D eigenvalue weighted by Crippen LogP contribution is -2.33. The van der Waals surface area contributed by atoms with E-state index in [0.717, 1.165) is 4.47 Å². The van der Waals surface area contributed by atoms with E-state index in [1.54, 1.807) is 6.07 Å². The number of carbonyl (C=O) groups is 1. The zero-order chi connectivity index (χ0) is 10.6. The normalized spacial score (nSPS) is 12.2. The summed E-state index contributed by atoms with van der Waals surface area (Å²) in [5, 5.41) is 2.79. The highest BCUT2D eigenvalue weighted by molar-refractivity contribution is 9.10. The van der Waals surface area contributed by atoms with Gasteiger partial charge in [-0.05, 0) is 35.0 Å². The molecule has 0 aliphatic heterocycles. The van der Waals surface area contributed by atoms with Crippen LogP contribution >= 0.6 is 27.5 Å². The SMILES string of the molecule is CC(CCl)NC(=O)c1ccccc1Br. The van der Waals surface area contributed by atoms with Crippen molar-refractivity contribution in [1.29, 1.82) is 0 Å². The fourth-order valence-corrected chi connectivity index (χ4v) is 1.53. The van der Waals surface area contributed by atoms with E-state index in [0.29, 0.717) is 11.4 Å². The molecule has 0 aliphatic carbocycles. The van der Waals surface area contributed by atoms with Crippen LogP contribution in [0.3, 0.4) is 0 Å². The first-order chi connectivity index (χ1) is 6.65. The maximum atomic E-state index is 11.6. The number of benzene rings is 1. The van der Waals surface area contributed by atoms with Gasteiger partial charge in [-0.2, -0.15) is 0 Å². The number of rotatable bonds is 3. The molecule has 1 amide bonds. The van der Waals surface area contributed by atoms with Crippen molar-refractivity contribution in [3.8, 4) is 0 Å². The number of hydrogen-bond donors (Lipinski definition) is 1. The van der Waals surface area contributed by atoms with Gasteiger partial charge in [0.25, 0.3) is 5.91 Å². The third-order valence-electron chi connectivity index (χ3n) is 1.73.